The number of furan rings is 1. The molecule has 0 aliphatic heterocycles. The molecule has 4 heteroatoms. The molecule has 0 amide bonds. The summed E-state index contributed by atoms with van der Waals surface area (Å²) in [7, 11) is 1.26. The summed E-state index contributed by atoms with van der Waals surface area (Å²) in [4.78, 5) is 26.2. The van der Waals surface area contributed by atoms with E-state index in [-0.39, 0.29) is 17.8 Å². The van der Waals surface area contributed by atoms with Gasteiger partial charge in [-0.3, -0.25) is 4.79 Å². The Balaban J connectivity index is 1.76. The van der Waals surface area contributed by atoms with Crippen molar-refractivity contribution in [2.24, 2.45) is 5.92 Å². The minimum absolute atomic E-state index is 0.117. The summed E-state index contributed by atoms with van der Waals surface area (Å²) in [5.74, 6) is -1.04. The lowest BCUT2D eigenvalue weighted by atomic mass is 9.61. The van der Waals surface area contributed by atoms with Crippen molar-refractivity contribution >= 4 is 11.8 Å². The molecule has 4 atom stereocenters. The highest BCUT2D eigenvalue weighted by Gasteiger charge is 2.49. The van der Waals surface area contributed by atoms with Gasteiger partial charge in [-0.15, -0.1) is 0 Å². The van der Waals surface area contributed by atoms with E-state index in [1.165, 1.54) is 7.11 Å². The van der Waals surface area contributed by atoms with Gasteiger partial charge in [0.1, 0.15) is 11.5 Å². The molecule has 34 heavy (non-hydrogen) atoms. The Morgan fingerprint density at radius 2 is 1.35 bits per heavy atom. The fourth-order valence-electron chi connectivity index (χ4n) is 5.41. The van der Waals surface area contributed by atoms with Crippen molar-refractivity contribution in [3.05, 3.63) is 120 Å². The summed E-state index contributed by atoms with van der Waals surface area (Å²) in [5.41, 5.74) is 3.90. The topological polar surface area (TPSA) is 56.5 Å². The molecular formula is C30H26O4. The van der Waals surface area contributed by atoms with Crippen molar-refractivity contribution in [2.75, 3.05) is 7.11 Å². The van der Waals surface area contributed by atoms with Crippen LogP contribution in [0.4, 0.5) is 0 Å². The Hall–Kier alpha value is -3.92. The molecule has 0 spiro atoms. The molecule has 3 aromatic carbocycles. The van der Waals surface area contributed by atoms with Crippen LogP contribution in [0.15, 0.2) is 101 Å². The van der Waals surface area contributed by atoms with Crippen LogP contribution in [0.3, 0.4) is 0 Å². The number of rotatable bonds is 5. The zero-order chi connectivity index (χ0) is 23.7. The van der Waals surface area contributed by atoms with Gasteiger partial charge in [0.2, 0.25) is 5.78 Å². The fourth-order valence-corrected chi connectivity index (χ4v) is 5.41. The third-order valence-electron chi connectivity index (χ3n) is 6.92. The average Bonchev–Trinajstić information content (AvgIpc) is 3.35. The quantitative estimate of drug-likeness (QED) is 0.263. The van der Waals surface area contributed by atoms with Gasteiger partial charge < -0.3 is 9.15 Å². The van der Waals surface area contributed by atoms with Gasteiger partial charge in [-0.25, -0.2) is 4.79 Å². The van der Waals surface area contributed by atoms with Gasteiger partial charge >= 0.3 is 5.97 Å². The van der Waals surface area contributed by atoms with E-state index in [9.17, 15) is 9.59 Å². The highest BCUT2D eigenvalue weighted by atomic mass is 16.5. The van der Waals surface area contributed by atoms with Crippen molar-refractivity contribution in [1.29, 1.82) is 0 Å². The lowest BCUT2D eigenvalue weighted by Gasteiger charge is -2.40. The number of hydrogen-bond acceptors (Lipinski definition) is 4. The maximum absolute atomic E-state index is 13.6. The molecule has 0 saturated heterocycles. The molecule has 1 aliphatic carbocycles. The van der Waals surface area contributed by atoms with Crippen LogP contribution in [0.1, 0.15) is 47.1 Å². The first-order chi connectivity index (χ1) is 16.6. The molecule has 5 rings (SSSR count). The number of esters is 1. The SMILES string of the molecule is COC(=O)C(=O)[C@@H]1[C@@H](c2ccccc2)c2cc(-c3ccccc3)oc2[C@@H](C)[C@H]1c1ccccc1. The van der Waals surface area contributed by atoms with Crippen LogP contribution < -0.4 is 0 Å². The van der Waals surface area contributed by atoms with Crippen LogP contribution in [-0.2, 0) is 14.3 Å². The van der Waals surface area contributed by atoms with Crippen molar-refractivity contribution < 1.29 is 18.7 Å². The summed E-state index contributed by atoms with van der Waals surface area (Å²) in [6.07, 6.45) is 0. The maximum atomic E-state index is 13.6. The van der Waals surface area contributed by atoms with Crippen LogP contribution in [0, 0.1) is 5.92 Å². The molecule has 1 heterocycles. The smallest absolute Gasteiger partial charge is 0.374 e. The van der Waals surface area contributed by atoms with Crippen LogP contribution in [0.2, 0.25) is 0 Å². The van der Waals surface area contributed by atoms with Gasteiger partial charge in [0, 0.05) is 34.8 Å². The molecule has 0 unspecified atom stereocenters. The first-order valence-electron chi connectivity index (χ1n) is 11.5. The molecule has 0 N–H and O–H groups in total. The van der Waals surface area contributed by atoms with Crippen molar-refractivity contribution in [3.63, 3.8) is 0 Å². The van der Waals surface area contributed by atoms with E-state index in [2.05, 4.69) is 6.92 Å². The number of benzene rings is 3. The van der Waals surface area contributed by atoms with E-state index in [4.69, 9.17) is 9.15 Å². The third kappa shape index (κ3) is 3.75. The van der Waals surface area contributed by atoms with Crippen molar-refractivity contribution in [2.45, 2.75) is 24.7 Å². The van der Waals surface area contributed by atoms with Crippen molar-refractivity contribution in [1.82, 2.24) is 0 Å². The summed E-state index contributed by atoms with van der Waals surface area (Å²) in [6.45, 7) is 2.08. The Morgan fingerprint density at radius 3 is 1.94 bits per heavy atom. The van der Waals surface area contributed by atoms with Crippen LogP contribution in [0.5, 0.6) is 0 Å². The van der Waals surface area contributed by atoms with Crippen LogP contribution in [-0.4, -0.2) is 18.9 Å². The number of methoxy groups -OCH3 is 1. The monoisotopic (exact) mass is 450 g/mol. The molecule has 1 aromatic heterocycles. The molecular weight excluding hydrogens is 424 g/mol. The Kier molecular flexibility index (Phi) is 5.89. The summed E-state index contributed by atoms with van der Waals surface area (Å²) >= 11 is 0. The second kappa shape index (κ2) is 9.14. The second-order valence-corrected chi connectivity index (χ2v) is 8.79. The standard InChI is InChI=1S/C30H26O4/c1-19-25(21-14-8-4-9-15-21)27(28(31)30(32)33-2)26(22-16-10-5-11-17-22)23-18-24(34-29(19)23)20-12-6-3-7-13-20/h3-19,25-27H,1-2H3/t19-,25-,26-,27-/m0/s1. The molecule has 0 saturated carbocycles. The van der Waals surface area contributed by atoms with E-state index in [0.29, 0.717) is 0 Å². The fraction of sp³-hybridized carbons (Fsp3) is 0.200. The minimum Gasteiger partial charge on any atom is -0.463 e. The van der Waals surface area contributed by atoms with E-state index in [0.717, 1.165) is 33.8 Å². The van der Waals surface area contributed by atoms with Crippen LogP contribution in [0.25, 0.3) is 11.3 Å². The Labute approximate surface area is 199 Å². The number of carbonyl (C=O) groups is 2. The predicted molar refractivity (Wildman–Crippen MR) is 131 cm³/mol. The van der Waals surface area contributed by atoms with Gasteiger partial charge in [0.05, 0.1) is 7.11 Å². The number of Topliss-reactive ketones (excluding diaryl/α,β-unsaturated/α-hetero) is 1. The normalized spacial score (nSPS) is 21.5. The second-order valence-electron chi connectivity index (χ2n) is 8.79. The molecule has 0 radical (unpaired) electrons. The summed E-state index contributed by atoms with van der Waals surface area (Å²) in [6, 6.07) is 31.8. The van der Waals surface area contributed by atoms with Gasteiger partial charge in [0.15, 0.2) is 0 Å². The number of ketones is 1. The minimum atomic E-state index is -0.811. The Morgan fingerprint density at radius 1 is 0.794 bits per heavy atom. The summed E-state index contributed by atoms with van der Waals surface area (Å²) in [5, 5.41) is 0. The predicted octanol–water partition coefficient (Wildman–Crippen LogP) is 6.34. The third-order valence-corrected chi connectivity index (χ3v) is 6.92. The number of fused-ring (bicyclic) bond motifs is 1. The van der Waals surface area contributed by atoms with Crippen molar-refractivity contribution in [3.8, 4) is 11.3 Å². The maximum Gasteiger partial charge on any atom is 0.374 e. The van der Waals surface area contributed by atoms with Gasteiger partial charge in [0.25, 0.3) is 0 Å². The van der Waals surface area contributed by atoms with Gasteiger partial charge in [-0.2, -0.15) is 0 Å². The largest absolute Gasteiger partial charge is 0.463 e. The lowest BCUT2D eigenvalue weighted by molar-refractivity contribution is -0.154. The van der Waals surface area contributed by atoms with E-state index >= 15 is 0 Å². The van der Waals surface area contributed by atoms with E-state index in [1.54, 1.807) is 0 Å². The van der Waals surface area contributed by atoms with E-state index < -0.39 is 17.7 Å². The molecule has 170 valence electrons. The zero-order valence-electron chi connectivity index (χ0n) is 19.2. The molecule has 4 nitrogen and oxygen atoms in total. The van der Waals surface area contributed by atoms with Gasteiger partial charge in [-0.05, 0) is 17.2 Å². The molecule has 4 aromatic rings. The van der Waals surface area contributed by atoms with Crippen LogP contribution >= 0.6 is 0 Å². The Bertz CT molecular complexity index is 1290. The highest BCUT2D eigenvalue weighted by molar-refractivity contribution is 6.35. The number of carbonyl (C=O) groups excluding carboxylic acids is 2. The highest BCUT2D eigenvalue weighted by Crippen LogP contribution is 2.55. The number of hydrogen-bond donors (Lipinski definition) is 0. The van der Waals surface area contributed by atoms with E-state index in [1.807, 2.05) is 97.1 Å². The number of ether oxygens (including phenoxy) is 1. The summed E-state index contributed by atoms with van der Waals surface area (Å²) < 4.78 is 11.4. The molecule has 1 aliphatic rings. The molecule has 0 fully saturated rings. The first-order valence-corrected chi connectivity index (χ1v) is 11.5. The lowest BCUT2D eigenvalue weighted by Crippen LogP contribution is -2.39. The average molecular weight is 451 g/mol. The zero-order valence-corrected chi connectivity index (χ0v) is 19.2. The first kappa shape index (κ1) is 21.9. The van der Waals surface area contributed by atoms with Gasteiger partial charge in [-0.1, -0.05) is 97.9 Å². The molecule has 0 bridgehead atoms.